The molecule has 19 heavy (non-hydrogen) atoms. The Bertz CT molecular complexity index is 823. The van der Waals surface area contributed by atoms with E-state index in [1.165, 1.54) is 18.2 Å². The molecule has 0 amide bonds. The van der Waals surface area contributed by atoms with Crippen molar-refractivity contribution in [2.24, 2.45) is 0 Å². The first-order chi connectivity index (χ1) is 9.16. The summed E-state index contributed by atoms with van der Waals surface area (Å²) in [5.41, 5.74) is 0.0997. The molecule has 0 fully saturated rings. The average molecular weight is 255 g/mol. The van der Waals surface area contributed by atoms with Crippen LogP contribution >= 0.6 is 0 Å². The Morgan fingerprint density at radius 3 is 2.63 bits per heavy atom. The van der Waals surface area contributed by atoms with E-state index in [9.17, 15) is 15.0 Å². The van der Waals surface area contributed by atoms with Crippen LogP contribution in [-0.4, -0.2) is 15.2 Å². The lowest BCUT2D eigenvalue weighted by molar-refractivity contribution is 0.403. The van der Waals surface area contributed by atoms with Crippen LogP contribution in [0.1, 0.15) is 0 Å². The zero-order chi connectivity index (χ0) is 13.4. The second-order valence-corrected chi connectivity index (χ2v) is 3.99. The Kier molecular flexibility index (Phi) is 2.45. The summed E-state index contributed by atoms with van der Waals surface area (Å²) in [6.45, 7) is 0. The lowest BCUT2D eigenvalue weighted by Gasteiger charge is -2.05. The molecular weight excluding hydrogens is 246 g/mol. The number of phenols is 2. The van der Waals surface area contributed by atoms with Gasteiger partial charge < -0.3 is 14.6 Å². The Labute approximate surface area is 107 Å². The van der Waals surface area contributed by atoms with Crippen LogP contribution < -0.4 is 5.56 Å². The minimum atomic E-state index is -0.445. The summed E-state index contributed by atoms with van der Waals surface area (Å²) in [7, 11) is 0. The maximum atomic E-state index is 11.9. The Morgan fingerprint density at radius 2 is 1.79 bits per heavy atom. The molecule has 0 aliphatic rings. The highest BCUT2D eigenvalue weighted by molar-refractivity contribution is 5.77. The molecular formula is C14H9NO4. The minimum Gasteiger partial charge on any atom is -0.504 e. The summed E-state index contributed by atoms with van der Waals surface area (Å²) in [6, 6.07) is 11.1. The maximum absolute atomic E-state index is 11.9. The smallest absolute Gasteiger partial charge is 0.284 e. The van der Waals surface area contributed by atoms with E-state index in [2.05, 4.69) is 4.98 Å². The number of hydrogen-bond donors (Lipinski definition) is 2. The van der Waals surface area contributed by atoms with Crippen molar-refractivity contribution in [1.82, 2.24) is 4.98 Å². The van der Waals surface area contributed by atoms with Gasteiger partial charge in [0.2, 0.25) is 5.89 Å². The molecule has 0 saturated carbocycles. The van der Waals surface area contributed by atoms with Gasteiger partial charge in [0.1, 0.15) is 5.58 Å². The van der Waals surface area contributed by atoms with E-state index < -0.39 is 5.56 Å². The van der Waals surface area contributed by atoms with E-state index in [1.807, 2.05) is 0 Å². The lowest BCUT2D eigenvalue weighted by atomic mass is 10.2. The first kappa shape index (κ1) is 11.3. The van der Waals surface area contributed by atoms with Gasteiger partial charge >= 0.3 is 0 Å². The van der Waals surface area contributed by atoms with Gasteiger partial charge in [0.05, 0.1) is 10.9 Å². The molecule has 94 valence electrons. The van der Waals surface area contributed by atoms with E-state index >= 15 is 0 Å². The number of aromatic hydroxyl groups is 2. The van der Waals surface area contributed by atoms with Crippen LogP contribution in [0, 0.1) is 0 Å². The fourth-order valence-electron chi connectivity index (χ4n) is 1.83. The van der Waals surface area contributed by atoms with Crippen LogP contribution in [0.2, 0.25) is 0 Å². The summed E-state index contributed by atoms with van der Waals surface area (Å²) >= 11 is 0. The molecule has 5 heteroatoms. The number of para-hydroxylation sites is 2. The topological polar surface area (TPSA) is 83.6 Å². The van der Waals surface area contributed by atoms with Crippen molar-refractivity contribution in [1.29, 1.82) is 0 Å². The normalized spacial score (nSPS) is 10.7. The molecule has 0 saturated heterocycles. The summed E-state index contributed by atoms with van der Waals surface area (Å²) in [6.07, 6.45) is 0. The number of hydrogen-bond acceptors (Lipinski definition) is 5. The van der Waals surface area contributed by atoms with Crippen molar-refractivity contribution in [2.75, 3.05) is 0 Å². The van der Waals surface area contributed by atoms with Crippen molar-refractivity contribution >= 4 is 11.0 Å². The summed E-state index contributed by atoms with van der Waals surface area (Å²) in [5.74, 6) is -0.694. The second-order valence-electron chi connectivity index (χ2n) is 3.99. The number of rotatable bonds is 1. The molecule has 1 heterocycles. The predicted octanol–water partition coefficient (Wildman–Crippen LogP) is 2.27. The summed E-state index contributed by atoms with van der Waals surface area (Å²) in [4.78, 5) is 15.6. The molecule has 0 aliphatic carbocycles. The predicted molar refractivity (Wildman–Crippen MR) is 69.0 cm³/mol. The number of benzene rings is 2. The fraction of sp³-hybridized carbons (Fsp3) is 0. The lowest BCUT2D eigenvalue weighted by Crippen LogP contribution is -2.06. The number of fused-ring (bicyclic) bond motifs is 1. The molecule has 3 aromatic rings. The van der Waals surface area contributed by atoms with Crippen molar-refractivity contribution in [3.05, 3.63) is 52.8 Å². The van der Waals surface area contributed by atoms with Crippen LogP contribution in [0.15, 0.2) is 51.7 Å². The van der Waals surface area contributed by atoms with Crippen LogP contribution in [0.3, 0.4) is 0 Å². The highest BCUT2D eigenvalue weighted by Crippen LogP contribution is 2.35. The molecule has 0 unspecified atom stereocenters. The molecule has 0 aliphatic heterocycles. The van der Waals surface area contributed by atoms with Crippen LogP contribution in [0.25, 0.3) is 22.4 Å². The third kappa shape index (κ3) is 1.81. The SMILES string of the molecule is O=c1nc(-c2cccc(O)c2O)oc2ccccc12. The van der Waals surface area contributed by atoms with Crippen molar-refractivity contribution < 1.29 is 14.6 Å². The van der Waals surface area contributed by atoms with E-state index in [4.69, 9.17) is 4.42 Å². The van der Waals surface area contributed by atoms with Crippen LogP contribution in [0.5, 0.6) is 11.5 Å². The van der Waals surface area contributed by atoms with E-state index in [1.54, 1.807) is 24.3 Å². The average Bonchev–Trinajstić information content (AvgIpc) is 2.42. The van der Waals surface area contributed by atoms with Gasteiger partial charge in [0, 0.05) is 0 Å². The van der Waals surface area contributed by atoms with Gasteiger partial charge in [0.15, 0.2) is 11.5 Å². The van der Waals surface area contributed by atoms with Crippen molar-refractivity contribution in [2.45, 2.75) is 0 Å². The minimum absolute atomic E-state index is 0.0305. The molecule has 0 bridgehead atoms. The molecule has 3 rings (SSSR count). The van der Waals surface area contributed by atoms with Gasteiger partial charge in [0.25, 0.3) is 5.56 Å². The molecule has 5 nitrogen and oxygen atoms in total. The maximum Gasteiger partial charge on any atom is 0.284 e. The molecule has 1 aromatic heterocycles. The first-order valence-electron chi connectivity index (χ1n) is 5.58. The fourth-order valence-corrected chi connectivity index (χ4v) is 1.83. The third-order valence-corrected chi connectivity index (χ3v) is 2.77. The molecule has 0 radical (unpaired) electrons. The summed E-state index contributed by atoms with van der Waals surface area (Å²) < 4.78 is 5.48. The van der Waals surface area contributed by atoms with Gasteiger partial charge in [-0.15, -0.1) is 0 Å². The highest BCUT2D eigenvalue weighted by atomic mass is 16.3. The highest BCUT2D eigenvalue weighted by Gasteiger charge is 2.14. The largest absolute Gasteiger partial charge is 0.504 e. The van der Waals surface area contributed by atoms with Crippen LogP contribution in [0.4, 0.5) is 0 Å². The Hall–Kier alpha value is -2.82. The number of nitrogens with zero attached hydrogens (tertiary/aromatic N) is 1. The third-order valence-electron chi connectivity index (χ3n) is 2.77. The molecule has 0 spiro atoms. The van der Waals surface area contributed by atoms with Gasteiger partial charge in [-0.3, -0.25) is 4.79 Å². The van der Waals surface area contributed by atoms with Crippen molar-refractivity contribution in [3.63, 3.8) is 0 Å². The Morgan fingerprint density at radius 1 is 1.00 bits per heavy atom. The monoisotopic (exact) mass is 255 g/mol. The zero-order valence-corrected chi connectivity index (χ0v) is 9.70. The standard InChI is InChI=1S/C14H9NO4/c16-10-6-3-5-9(12(10)17)14-15-13(18)8-4-1-2-7-11(8)19-14/h1-7,16-17H. The van der Waals surface area contributed by atoms with Gasteiger partial charge in [-0.05, 0) is 24.3 Å². The second kappa shape index (κ2) is 4.13. The molecule has 2 aromatic carbocycles. The zero-order valence-electron chi connectivity index (χ0n) is 9.70. The number of aromatic nitrogens is 1. The summed E-state index contributed by atoms with van der Waals surface area (Å²) in [5, 5.41) is 19.6. The van der Waals surface area contributed by atoms with Crippen LogP contribution in [-0.2, 0) is 0 Å². The number of phenolic OH excluding ortho intramolecular Hbond substituents is 2. The molecule has 0 atom stereocenters. The van der Waals surface area contributed by atoms with Gasteiger partial charge in [-0.1, -0.05) is 18.2 Å². The Balaban J connectivity index is 2.32. The quantitative estimate of drug-likeness (QED) is 0.651. The van der Waals surface area contributed by atoms with Gasteiger partial charge in [-0.2, -0.15) is 4.98 Å². The van der Waals surface area contributed by atoms with Gasteiger partial charge in [-0.25, -0.2) is 0 Å². The van der Waals surface area contributed by atoms with E-state index in [0.717, 1.165) is 0 Å². The first-order valence-corrected chi connectivity index (χ1v) is 5.58. The van der Waals surface area contributed by atoms with E-state index in [-0.39, 0.29) is 23.0 Å². The van der Waals surface area contributed by atoms with E-state index in [0.29, 0.717) is 11.0 Å². The molecule has 2 N–H and O–H groups in total. The van der Waals surface area contributed by atoms with Crippen molar-refractivity contribution in [3.8, 4) is 23.0 Å².